The summed E-state index contributed by atoms with van der Waals surface area (Å²) >= 11 is 7.51. The Morgan fingerprint density at radius 2 is 1.82 bits per heavy atom. The summed E-state index contributed by atoms with van der Waals surface area (Å²) in [6.07, 6.45) is 0.523. The van der Waals surface area contributed by atoms with Gasteiger partial charge in [0.05, 0.1) is 0 Å². The number of rotatable bonds is 7. The second kappa shape index (κ2) is 8.86. The van der Waals surface area contributed by atoms with Gasteiger partial charge in [0.2, 0.25) is 5.91 Å². The second-order valence-electron chi connectivity index (χ2n) is 5.17. The van der Waals surface area contributed by atoms with Crippen molar-refractivity contribution in [3.05, 3.63) is 65.2 Å². The summed E-state index contributed by atoms with van der Waals surface area (Å²) in [5, 5.41) is 3.74. The van der Waals surface area contributed by atoms with Crippen LogP contribution < -0.4 is 5.32 Å². The maximum Gasteiger partial charge on any atom is 0.220 e. The maximum absolute atomic E-state index is 11.9. The monoisotopic (exact) mass is 333 g/mol. The van der Waals surface area contributed by atoms with E-state index in [0.717, 1.165) is 15.7 Å². The molecule has 0 aliphatic rings. The molecular formula is C18H20ClNOS. The maximum atomic E-state index is 11.9. The third kappa shape index (κ3) is 5.74. The highest BCUT2D eigenvalue weighted by atomic mass is 35.5. The summed E-state index contributed by atoms with van der Waals surface area (Å²) in [4.78, 5) is 13.0. The van der Waals surface area contributed by atoms with Crippen molar-refractivity contribution in [2.75, 3.05) is 12.3 Å². The van der Waals surface area contributed by atoms with Gasteiger partial charge in [-0.05, 0) is 35.7 Å². The number of carbonyl (C=O) groups is 1. The molecule has 1 atom stereocenters. The zero-order chi connectivity index (χ0) is 15.8. The summed E-state index contributed by atoms with van der Waals surface area (Å²) in [7, 11) is 0. The van der Waals surface area contributed by atoms with Crippen LogP contribution in [0.4, 0.5) is 0 Å². The molecule has 1 amide bonds. The molecule has 0 aliphatic heterocycles. The van der Waals surface area contributed by atoms with Crippen LogP contribution in [0, 0.1) is 0 Å². The van der Waals surface area contributed by atoms with E-state index in [2.05, 4.69) is 24.4 Å². The van der Waals surface area contributed by atoms with Crippen LogP contribution in [0.5, 0.6) is 0 Å². The van der Waals surface area contributed by atoms with E-state index in [1.807, 2.05) is 42.5 Å². The zero-order valence-electron chi connectivity index (χ0n) is 12.6. The predicted octanol–water partition coefficient (Wildman–Crippen LogP) is 4.74. The lowest BCUT2D eigenvalue weighted by Gasteiger charge is -2.13. The van der Waals surface area contributed by atoms with Crippen LogP contribution in [-0.4, -0.2) is 18.2 Å². The van der Waals surface area contributed by atoms with E-state index in [1.165, 1.54) is 5.56 Å². The summed E-state index contributed by atoms with van der Waals surface area (Å²) in [5.74, 6) is 1.20. The van der Waals surface area contributed by atoms with Crippen LogP contribution in [0.2, 0.25) is 5.02 Å². The summed E-state index contributed by atoms with van der Waals surface area (Å²) < 4.78 is 0. The number of halogens is 1. The molecule has 1 N–H and O–H groups in total. The van der Waals surface area contributed by atoms with Crippen molar-refractivity contribution in [2.45, 2.75) is 24.2 Å². The minimum absolute atomic E-state index is 0.101. The first-order chi connectivity index (χ1) is 10.6. The first kappa shape index (κ1) is 16.9. The number of hydrogen-bond donors (Lipinski definition) is 1. The molecule has 4 heteroatoms. The molecule has 0 spiro atoms. The molecule has 0 aromatic heterocycles. The quantitative estimate of drug-likeness (QED) is 0.741. The number of carbonyl (C=O) groups excluding carboxylic acids is 1. The fourth-order valence-corrected chi connectivity index (χ4v) is 3.02. The summed E-state index contributed by atoms with van der Waals surface area (Å²) in [5.41, 5.74) is 1.25. The SMILES string of the molecule is CC(CNC(=O)CCSc1ccc(Cl)cc1)c1ccccc1. The molecule has 0 saturated heterocycles. The van der Waals surface area contributed by atoms with Gasteiger partial charge in [-0.25, -0.2) is 0 Å². The van der Waals surface area contributed by atoms with Gasteiger partial charge in [0, 0.05) is 28.6 Å². The van der Waals surface area contributed by atoms with Gasteiger partial charge in [-0.3, -0.25) is 4.79 Å². The lowest BCUT2D eigenvalue weighted by molar-refractivity contribution is -0.120. The lowest BCUT2D eigenvalue weighted by atomic mass is 10.0. The van der Waals surface area contributed by atoms with Gasteiger partial charge >= 0.3 is 0 Å². The normalized spacial score (nSPS) is 11.9. The van der Waals surface area contributed by atoms with E-state index in [0.29, 0.717) is 18.9 Å². The molecule has 116 valence electrons. The van der Waals surface area contributed by atoms with Crippen molar-refractivity contribution in [1.29, 1.82) is 0 Å². The van der Waals surface area contributed by atoms with E-state index in [-0.39, 0.29) is 5.91 Å². The number of nitrogens with one attached hydrogen (secondary N) is 1. The molecule has 0 saturated carbocycles. The van der Waals surface area contributed by atoms with E-state index in [4.69, 9.17) is 11.6 Å². The molecule has 0 bridgehead atoms. The molecule has 0 heterocycles. The summed E-state index contributed by atoms with van der Waals surface area (Å²) in [6, 6.07) is 17.9. The van der Waals surface area contributed by atoms with Crippen LogP contribution in [0.3, 0.4) is 0 Å². The van der Waals surface area contributed by atoms with Crippen LogP contribution in [0.1, 0.15) is 24.8 Å². The number of benzene rings is 2. The van der Waals surface area contributed by atoms with Gasteiger partial charge in [0.25, 0.3) is 0 Å². The smallest absolute Gasteiger partial charge is 0.220 e. The Morgan fingerprint density at radius 1 is 1.14 bits per heavy atom. The van der Waals surface area contributed by atoms with Gasteiger partial charge in [-0.15, -0.1) is 11.8 Å². The Labute approximate surface area is 141 Å². The number of amides is 1. The van der Waals surface area contributed by atoms with Crippen molar-refractivity contribution in [3.63, 3.8) is 0 Å². The fraction of sp³-hybridized carbons (Fsp3) is 0.278. The highest BCUT2D eigenvalue weighted by molar-refractivity contribution is 7.99. The van der Waals surface area contributed by atoms with Crippen LogP contribution in [0.25, 0.3) is 0 Å². The molecule has 2 rings (SSSR count). The topological polar surface area (TPSA) is 29.1 Å². The van der Waals surface area contributed by atoms with E-state index in [1.54, 1.807) is 11.8 Å². The van der Waals surface area contributed by atoms with Crippen LogP contribution in [-0.2, 0) is 4.79 Å². The van der Waals surface area contributed by atoms with Crippen molar-refractivity contribution in [1.82, 2.24) is 5.32 Å². The first-order valence-electron chi connectivity index (χ1n) is 7.35. The Kier molecular flexibility index (Phi) is 6.81. The highest BCUT2D eigenvalue weighted by Gasteiger charge is 2.07. The van der Waals surface area contributed by atoms with E-state index < -0.39 is 0 Å². The molecule has 0 fully saturated rings. The van der Waals surface area contributed by atoms with Gasteiger partial charge in [-0.1, -0.05) is 48.9 Å². The molecule has 0 aliphatic carbocycles. The van der Waals surface area contributed by atoms with Crippen molar-refractivity contribution in [2.24, 2.45) is 0 Å². The zero-order valence-corrected chi connectivity index (χ0v) is 14.2. The standard InChI is InChI=1S/C18H20ClNOS/c1-14(15-5-3-2-4-6-15)13-20-18(21)11-12-22-17-9-7-16(19)8-10-17/h2-10,14H,11-13H2,1H3,(H,20,21). The van der Waals surface area contributed by atoms with Gasteiger partial charge in [0.1, 0.15) is 0 Å². The molecule has 22 heavy (non-hydrogen) atoms. The van der Waals surface area contributed by atoms with Crippen molar-refractivity contribution >= 4 is 29.3 Å². The van der Waals surface area contributed by atoms with E-state index in [9.17, 15) is 4.79 Å². The molecule has 0 radical (unpaired) electrons. The molecule has 2 nitrogen and oxygen atoms in total. The lowest BCUT2D eigenvalue weighted by Crippen LogP contribution is -2.27. The average Bonchev–Trinajstić information content (AvgIpc) is 2.55. The average molecular weight is 334 g/mol. The third-order valence-electron chi connectivity index (χ3n) is 3.39. The van der Waals surface area contributed by atoms with Gasteiger partial charge in [-0.2, -0.15) is 0 Å². The fourth-order valence-electron chi connectivity index (χ4n) is 2.05. The second-order valence-corrected chi connectivity index (χ2v) is 6.77. The Hall–Kier alpha value is -1.45. The summed E-state index contributed by atoms with van der Waals surface area (Å²) in [6.45, 7) is 2.80. The van der Waals surface area contributed by atoms with Crippen molar-refractivity contribution < 1.29 is 4.79 Å². The van der Waals surface area contributed by atoms with Crippen molar-refractivity contribution in [3.8, 4) is 0 Å². The van der Waals surface area contributed by atoms with Crippen LogP contribution in [0.15, 0.2) is 59.5 Å². The van der Waals surface area contributed by atoms with Crippen LogP contribution >= 0.6 is 23.4 Å². The molecular weight excluding hydrogens is 314 g/mol. The van der Waals surface area contributed by atoms with Gasteiger partial charge in [0.15, 0.2) is 0 Å². The highest BCUT2D eigenvalue weighted by Crippen LogP contribution is 2.21. The van der Waals surface area contributed by atoms with Gasteiger partial charge < -0.3 is 5.32 Å². The first-order valence-corrected chi connectivity index (χ1v) is 8.71. The predicted molar refractivity (Wildman–Crippen MR) is 94.7 cm³/mol. The minimum atomic E-state index is 0.101. The number of thioether (sulfide) groups is 1. The Morgan fingerprint density at radius 3 is 2.50 bits per heavy atom. The molecule has 2 aromatic carbocycles. The third-order valence-corrected chi connectivity index (χ3v) is 4.65. The number of hydrogen-bond acceptors (Lipinski definition) is 2. The molecule has 2 aromatic rings. The Balaban J connectivity index is 1.66. The largest absolute Gasteiger partial charge is 0.355 e. The van der Waals surface area contributed by atoms with E-state index >= 15 is 0 Å². The molecule has 1 unspecified atom stereocenters. The minimum Gasteiger partial charge on any atom is -0.355 e. The Bertz CT molecular complexity index is 586.